The summed E-state index contributed by atoms with van der Waals surface area (Å²) in [6, 6.07) is 21.0. The third kappa shape index (κ3) is 4.80. The molecule has 0 aliphatic heterocycles. The van der Waals surface area contributed by atoms with Crippen molar-refractivity contribution >= 4 is 28.3 Å². The highest BCUT2D eigenvalue weighted by atomic mass is 16.4. The molecule has 0 aliphatic rings. The van der Waals surface area contributed by atoms with Crippen molar-refractivity contribution in [2.24, 2.45) is 0 Å². The van der Waals surface area contributed by atoms with E-state index in [4.69, 9.17) is 5.11 Å². The van der Waals surface area contributed by atoms with Gasteiger partial charge in [-0.25, -0.2) is 0 Å². The van der Waals surface area contributed by atoms with Crippen LogP contribution in [0.5, 0.6) is 0 Å². The zero-order chi connectivity index (χ0) is 20.8. The number of amides is 1. The van der Waals surface area contributed by atoms with Gasteiger partial charge in [0.05, 0.1) is 17.6 Å². The van der Waals surface area contributed by atoms with Crippen LogP contribution in [0.3, 0.4) is 0 Å². The van der Waals surface area contributed by atoms with Crippen LogP contribution in [0.2, 0.25) is 0 Å². The summed E-state index contributed by atoms with van der Waals surface area (Å²) in [5, 5.41) is 23.1. The molecular formula is C24H22N2O3. The molecule has 0 aromatic heterocycles. The van der Waals surface area contributed by atoms with Gasteiger partial charge in [0.25, 0.3) is 0 Å². The Hall–Kier alpha value is -3.65. The SMILES string of the molecule is CC(C(=O)Nc1cc(C#N)ccc1CCCC(=O)O)c1cccc2ccccc12. The van der Waals surface area contributed by atoms with Gasteiger partial charge < -0.3 is 10.4 Å². The van der Waals surface area contributed by atoms with Crippen molar-refractivity contribution in [1.82, 2.24) is 0 Å². The Morgan fingerprint density at radius 1 is 1.10 bits per heavy atom. The van der Waals surface area contributed by atoms with E-state index in [2.05, 4.69) is 11.4 Å². The minimum atomic E-state index is -0.853. The number of carbonyl (C=O) groups excluding carboxylic acids is 1. The summed E-state index contributed by atoms with van der Waals surface area (Å²) >= 11 is 0. The lowest BCUT2D eigenvalue weighted by atomic mass is 9.94. The Bertz CT molecular complexity index is 1090. The van der Waals surface area contributed by atoms with Gasteiger partial charge in [0.1, 0.15) is 0 Å². The standard InChI is InChI=1S/C24H22N2O3/c1-16(20-10-4-7-18-6-2-3-9-21(18)20)24(29)26-22-14-17(15-25)12-13-19(22)8-5-11-23(27)28/h2-4,6-7,9-10,12-14,16H,5,8,11H2,1H3,(H,26,29)(H,27,28). The summed E-state index contributed by atoms with van der Waals surface area (Å²) < 4.78 is 0. The zero-order valence-electron chi connectivity index (χ0n) is 16.2. The normalized spacial score (nSPS) is 11.6. The van der Waals surface area contributed by atoms with E-state index in [0.717, 1.165) is 21.9 Å². The quantitative estimate of drug-likeness (QED) is 0.607. The van der Waals surface area contributed by atoms with Crippen molar-refractivity contribution in [1.29, 1.82) is 5.26 Å². The van der Waals surface area contributed by atoms with Crippen molar-refractivity contribution in [3.63, 3.8) is 0 Å². The number of nitrogens with zero attached hydrogens (tertiary/aromatic N) is 1. The predicted octanol–water partition coefficient (Wildman–Crippen LogP) is 4.86. The second kappa shape index (κ2) is 9.03. The highest BCUT2D eigenvalue weighted by molar-refractivity contribution is 5.99. The number of carbonyl (C=O) groups is 2. The van der Waals surface area contributed by atoms with Crippen LogP contribution in [0.4, 0.5) is 5.69 Å². The van der Waals surface area contributed by atoms with Gasteiger partial charge in [0.15, 0.2) is 0 Å². The van der Waals surface area contributed by atoms with Crippen LogP contribution in [0.25, 0.3) is 10.8 Å². The summed E-state index contributed by atoms with van der Waals surface area (Å²) in [4.78, 5) is 23.8. The Balaban J connectivity index is 1.85. The molecule has 1 unspecified atom stereocenters. The van der Waals surface area contributed by atoms with E-state index in [0.29, 0.717) is 24.1 Å². The molecular weight excluding hydrogens is 364 g/mol. The van der Waals surface area contributed by atoms with Gasteiger partial charge >= 0.3 is 5.97 Å². The minimum absolute atomic E-state index is 0.0554. The molecule has 29 heavy (non-hydrogen) atoms. The van der Waals surface area contributed by atoms with Crippen LogP contribution in [0.1, 0.15) is 42.4 Å². The number of hydrogen-bond acceptors (Lipinski definition) is 3. The Kier molecular flexibility index (Phi) is 6.25. The number of aliphatic carboxylic acids is 1. The highest BCUT2D eigenvalue weighted by Crippen LogP contribution is 2.28. The molecule has 0 spiro atoms. The van der Waals surface area contributed by atoms with Crippen molar-refractivity contribution in [3.8, 4) is 6.07 Å². The Morgan fingerprint density at radius 2 is 1.86 bits per heavy atom. The third-order valence-electron chi connectivity index (χ3n) is 5.02. The zero-order valence-corrected chi connectivity index (χ0v) is 16.2. The monoisotopic (exact) mass is 386 g/mol. The molecule has 2 N–H and O–H groups in total. The molecule has 3 aromatic carbocycles. The van der Waals surface area contributed by atoms with E-state index < -0.39 is 11.9 Å². The Morgan fingerprint density at radius 3 is 2.62 bits per heavy atom. The van der Waals surface area contributed by atoms with Crippen molar-refractivity contribution in [2.75, 3.05) is 5.32 Å². The van der Waals surface area contributed by atoms with Crippen LogP contribution < -0.4 is 5.32 Å². The van der Waals surface area contributed by atoms with E-state index in [1.807, 2.05) is 49.4 Å². The van der Waals surface area contributed by atoms with E-state index in [1.165, 1.54) is 0 Å². The lowest BCUT2D eigenvalue weighted by Crippen LogP contribution is -2.20. The van der Waals surface area contributed by atoms with Crippen molar-refractivity contribution in [3.05, 3.63) is 77.4 Å². The largest absolute Gasteiger partial charge is 0.481 e. The number of nitriles is 1. The molecule has 5 nitrogen and oxygen atoms in total. The van der Waals surface area contributed by atoms with Gasteiger partial charge in [-0.15, -0.1) is 0 Å². The number of benzene rings is 3. The average Bonchev–Trinajstić information content (AvgIpc) is 2.73. The predicted molar refractivity (Wildman–Crippen MR) is 113 cm³/mol. The first-order valence-electron chi connectivity index (χ1n) is 9.53. The molecule has 3 rings (SSSR count). The molecule has 3 aromatic rings. The summed E-state index contributed by atoms with van der Waals surface area (Å²) in [6.07, 6.45) is 1.03. The second-order valence-corrected chi connectivity index (χ2v) is 7.01. The summed E-state index contributed by atoms with van der Waals surface area (Å²) in [7, 11) is 0. The van der Waals surface area contributed by atoms with Crippen LogP contribution in [0, 0.1) is 11.3 Å². The average molecular weight is 386 g/mol. The summed E-state index contributed by atoms with van der Waals surface area (Å²) in [5.74, 6) is -1.41. The van der Waals surface area contributed by atoms with Gasteiger partial charge in [0, 0.05) is 12.1 Å². The summed E-state index contributed by atoms with van der Waals surface area (Å²) in [5.41, 5.74) is 2.76. The third-order valence-corrected chi connectivity index (χ3v) is 5.02. The first kappa shape index (κ1) is 20.1. The van der Waals surface area contributed by atoms with E-state index in [1.54, 1.807) is 18.2 Å². The fourth-order valence-electron chi connectivity index (χ4n) is 3.42. The lowest BCUT2D eigenvalue weighted by Gasteiger charge is -2.17. The maximum atomic E-state index is 13.0. The maximum Gasteiger partial charge on any atom is 0.303 e. The van der Waals surface area contributed by atoms with Crippen molar-refractivity contribution < 1.29 is 14.7 Å². The molecule has 0 heterocycles. The van der Waals surface area contributed by atoms with Gasteiger partial charge in [0.2, 0.25) is 5.91 Å². The van der Waals surface area contributed by atoms with Crippen LogP contribution >= 0.6 is 0 Å². The summed E-state index contributed by atoms with van der Waals surface area (Å²) in [6.45, 7) is 1.86. The number of anilines is 1. The molecule has 0 aliphatic carbocycles. The number of rotatable bonds is 7. The van der Waals surface area contributed by atoms with Crippen molar-refractivity contribution in [2.45, 2.75) is 32.1 Å². The highest BCUT2D eigenvalue weighted by Gasteiger charge is 2.19. The molecule has 146 valence electrons. The van der Waals surface area contributed by atoms with Crippen LogP contribution in [-0.2, 0) is 16.0 Å². The van der Waals surface area contributed by atoms with Gasteiger partial charge in [-0.05, 0) is 53.8 Å². The molecule has 1 amide bonds. The maximum absolute atomic E-state index is 13.0. The number of carboxylic acids is 1. The smallest absolute Gasteiger partial charge is 0.303 e. The molecule has 0 radical (unpaired) electrons. The lowest BCUT2D eigenvalue weighted by molar-refractivity contribution is -0.137. The second-order valence-electron chi connectivity index (χ2n) is 7.01. The number of hydrogen-bond donors (Lipinski definition) is 2. The Labute approximate surface area is 169 Å². The molecule has 0 saturated carbocycles. The van der Waals surface area contributed by atoms with Gasteiger partial charge in [-0.1, -0.05) is 48.5 Å². The van der Waals surface area contributed by atoms with Crippen LogP contribution in [-0.4, -0.2) is 17.0 Å². The number of fused-ring (bicyclic) bond motifs is 1. The number of carboxylic acid groups (broad SMARTS) is 1. The minimum Gasteiger partial charge on any atom is -0.481 e. The van der Waals surface area contributed by atoms with E-state index >= 15 is 0 Å². The molecule has 1 atom stereocenters. The van der Waals surface area contributed by atoms with E-state index in [9.17, 15) is 14.9 Å². The van der Waals surface area contributed by atoms with Crippen LogP contribution in [0.15, 0.2) is 60.7 Å². The molecule has 0 saturated heterocycles. The molecule has 0 fully saturated rings. The van der Waals surface area contributed by atoms with E-state index in [-0.39, 0.29) is 12.3 Å². The molecule has 5 heteroatoms. The van der Waals surface area contributed by atoms with Gasteiger partial charge in [-0.2, -0.15) is 5.26 Å². The first-order valence-corrected chi connectivity index (χ1v) is 9.53. The number of nitrogens with one attached hydrogen (secondary N) is 1. The van der Waals surface area contributed by atoms with Gasteiger partial charge in [-0.3, -0.25) is 9.59 Å². The number of aryl methyl sites for hydroxylation is 1. The fraction of sp³-hybridized carbons (Fsp3) is 0.208. The first-order chi connectivity index (χ1) is 14.0. The topological polar surface area (TPSA) is 90.2 Å². The fourth-order valence-corrected chi connectivity index (χ4v) is 3.42. The molecule has 0 bridgehead atoms.